The number of pyridine rings is 1. The molecule has 0 aliphatic rings. The number of hydrogen-bond acceptors (Lipinski definition) is 13. The van der Waals surface area contributed by atoms with Crippen molar-refractivity contribution < 1.29 is 52.4 Å². The number of imidazole rings is 1. The molecular weight excluding hydrogens is 825 g/mol. The minimum Gasteiger partial charge on any atom is -0.444 e. The predicted octanol–water partition coefficient (Wildman–Crippen LogP) is 9.37. The standard InChI is InChI=1S/C47H66N6O11/c1-16-59-27-34-51-35-36(52(34)28-47(14,15)64-42(58)63-46(11,12)13)32-21-20-30(24-29-18-17-19-31(25-29)38(54)48-22-23-49-39(55)60-43(2,3)4)26-33(32)50-37(35)53(40(56)61-44(5,6)7)41(57)62-45(8,9)10/h17-21,25-26H,16,22-24,27-28H2,1-15H3,(H,48,54)(H,49,55). The van der Waals surface area contributed by atoms with E-state index in [-0.39, 0.29) is 43.5 Å². The molecule has 17 nitrogen and oxygen atoms in total. The van der Waals surface area contributed by atoms with Gasteiger partial charge in [0.15, 0.2) is 5.82 Å². The average Bonchev–Trinajstić information content (AvgIpc) is 3.46. The number of imide groups is 1. The smallest absolute Gasteiger partial charge is 0.444 e. The molecule has 4 amide bonds. The molecule has 4 aromatic rings. The Labute approximate surface area is 375 Å². The third-order valence-corrected chi connectivity index (χ3v) is 8.57. The maximum atomic E-state index is 14.1. The van der Waals surface area contributed by atoms with Crippen molar-refractivity contribution in [3.8, 4) is 0 Å². The number of fused-ring (bicyclic) bond motifs is 3. The minimum absolute atomic E-state index is 0.0236. The third-order valence-electron chi connectivity index (χ3n) is 8.57. The number of anilines is 1. The molecule has 2 aromatic heterocycles. The van der Waals surface area contributed by atoms with Gasteiger partial charge >= 0.3 is 24.4 Å². The highest BCUT2D eigenvalue weighted by Gasteiger charge is 2.38. The highest BCUT2D eigenvalue weighted by atomic mass is 16.7. The zero-order valence-corrected chi connectivity index (χ0v) is 40.1. The van der Waals surface area contributed by atoms with Gasteiger partial charge in [-0.1, -0.05) is 24.3 Å². The Balaban J connectivity index is 1.86. The molecule has 0 saturated carbocycles. The fourth-order valence-electron chi connectivity index (χ4n) is 6.29. The molecule has 0 spiro atoms. The molecular formula is C47H66N6O11. The first-order chi connectivity index (χ1) is 29.4. The Bertz CT molecular complexity index is 2320. The molecule has 2 N–H and O–H groups in total. The van der Waals surface area contributed by atoms with Gasteiger partial charge in [-0.2, -0.15) is 4.90 Å². The van der Waals surface area contributed by atoms with Crippen LogP contribution in [0.4, 0.5) is 25.0 Å². The summed E-state index contributed by atoms with van der Waals surface area (Å²) in [6.45, 7) is 26.7. The molecule has 350 valence electrons. The van der Waals surface area contributed by atoms with Gasteiger partial charge in [-0.15, -0.1) is 0 Å². The maximum Gasteiger partial charge on any atom is 0.509 e. The zero-order valence-electron chi connectivity index (χ0n) is 40.1. The van der Waals surface area contributed by atoms with Crippen LogP contribution in [-0.2, 0) is 48.0 Å². The number of alkyl carbamates (subject to hydrolysis) is 1. The van der Waals surface area contributed by atoms with E-state index < -0.39 is 52.4 Å². The third kappa shape index (κ3) is 15.1. The van der Waals surface area contributed by atoms with E-state index >= 15 is 0 Å². The summed E-state index contributed by atoms with van der Waals surface area (Å²) in [4.78, 5) is 77.0. The highest BCUT2D eigenvalue weighted by molar-refractivity contribution is 6.17. The minimum atomic E-state index is -1.17. The van der Waals surface area contributed by atoms with E-state index in [9.17, 15) is 24.0 Å². The van der Waals surface area contributed by atoms with Crippen molar-refractivity contribution in [1.82, 2.24) is 25.2 Å². The summed E-state index contributed by atoms with van der Waals surface area (Å²) >= 11 is 0. The van der Waals surface area contributed by atoms with Crippen LogP contribution in [-0.4, -0.2) is 92.6 Å². The molecule has 64 heavy (non-hydrogen) atoms. The normalized spacial score (nSPS) is 12.4. The number of amides is 4. The molecule has 0 atom stereocenters. The lowest BCUT2D eigenvalue weighted by Gasteiger charge is -2.29. The number of aromatic nitrogens is 3. The lowest BCUT2D eigenvalue weighted by Crippen LogP contribution is -2.44. The van der Waals surface area contributed by atoms with E-state index in [1.165, 1.54) is 0 Å². The molecule has 2 heterocycles. The van der Waals surface area contributed by atoms with Crippen LogP contribution in [0, 0.1) is 0 Å². The number of carbonyl (C=O) groups is 5. The van der Waals surface area contributed by atoms with Crippen molar-refractivity contribution in [2.45, 2.75) is 151 Å². The lowest BCUT2D eigenvalue weighted by molar-refractivity contribution is -0.0584. The summed E-state index contributed by atoms with van der Waals surface area (Å²) in [7, 11) is 0. The van der Waals surface area contributed by atoms with Gasteiger partial charge in [0.2, 0.25) is 0 Å². The Morgan fingerprint density at radius 1 is 0.672 bits per heavy atom. The van der Waals surface area contributed by atoms with Crippen molar-refractivity contribution in [1.29, 1.82) is 0 Å². The van der Waals surface area contributed by atoms with Crippen LogP contribution in [0.25, 0.3) is 21.9 Å². The topological polar surface area (TPSA) is 199 Å². The monoisotopic (exact) mass is 890 g/mol. The Morgan fingerprint density at radius 2 is 1.25 bits per heavy atom. The van der Waals surface area contributed by atoms with E-state index in [0.29, 0.717) is 40.8 Å². The van der Waals surface area contributed by atoms with E-state index in [2.05, 4.69) is 10.6 Å². The second-order valence-electron chi connectivity index (χ2n) is 19.9. The number of carbonyl (C=O) groups excluding carboxylic acids is 5. The van der Waals surface area contributed by atoms with Crippen LogP contribution in [0.15, 0.2) is 42.5 Å². The number of benzene rings is 2. The van der Waals surface area contributed by atoms with Gasteiger partial charge in [0.1, 0.15) is 46.0 Å². The second kappa shape index (κ2) is 19.8. The number of nitrogens with zero attached hydrogens (tertiary/aromatic N) is 4. The molecule has 17 heteroatoms. The number of nitrogens with one attached hydrogen (secondary N) is 2. The summed E-state index contributed by atoms with van der Waals surface area (Å²) in [5.41, 5.74) is -1.58. The van der Waals surface area contributed by atoms with Gasteiger partial charge in [0, 0.05) is 30.6 Å². The van der Waals surface area contributed by atoms with E-state index in [1.807, 2.05) is 35.8 Å². The first-order valence-electron chi connectivity index (χ1n) is 21.4. The molecule has 0 saturated heterocycles. The van der Waals surface area contributed by atoms with Crippen LogP contribution in [0.3, 0.4) is 0 Å². The first kappa shape index (κ1) is 50.7. The Hall–Kier alpha value is -5.97. The predicted molar refractivity (Wildman–Crippen MR) is 243 cm³/mol. The van der Waals surface area contributed by atoms with Crippen LogP contribution < -0.4 is 15.5 Å². The van der Waals surface area contributed by atoms with E-state index in [0.717, 1.165) is 16.0 Å². The molecule has 0 bridgehead atoms. The SMILES string of the molecule is CCOCc1nc2c(N(C(=O)OC(C)(C)C)C(=O)OC(C)(C)C)nc3cc(Cc4cccc(C(=O)NCCNC(=O)OC(C)(C)C)c4)ccc3c2n1CC(C)(C)OC(=O)OC(C)(C)C. The zero-order chi connectivity index (χ0) is 48.0. The van der Waals surface area contributed by atoms with Crippen LogP contribution >= 0.6 is 0 Å². The molecule has 0 radical (unpaired) electrons. The quantitative estimate of drug-likeness (QED) is 0.0732. The second-order valence-corrected chi connectivity index (χ2v) is 19.9. The van der Waals surface area contributed by atoms with Crippen molar-refractivity contribution in [2.24, 2.45) is 0 Å². The lowest BCUT2D eigenvalue weighted by atomic mass is 10.0. The molecule has 0 unspecified atom stereocenters. The number of hydrogen-bond donors (Lipinski definition) is 2. The van der Waals surface area contributed by atoms with Gasteiger partial charge in [-0.3, -0.25) is 4.79 Å². The van der Waals surface area contributed by atoms with Gasteiger partial charge in [-0.05, 0) is 140 Å². The Morgan fingerprint density at radius 3 is 1.83 bits per heavy atom. The molecule has 0 aliphatic carbocycles. The van der Waals surface area contributed by atoms with Gasteiger partial charge in [-0.25, -0.2) is 29.1 Å². The summed E-state index contributed by atoms with van der Waals surface area (Å²) in [6.07, 6.45) is -3.12. The van der Waals surface area contributed by atoms with Crippen molar-refractivity contribution in [3.05, 3.63) is 65.0 Å². The number of rotatable bonds is 13. The summed E-state index contributed by atoms with van der Waals surface area (Å²) in [5.74, 6) is -0.0640. The molecule has 0 fully saturated rings. The largest absolute Gasteiger partial charge is 0.509 e. The highest BCUT2D eigenvalue weighted by Crippen LogP contribution is 2.36. The van der Waals surface area contributed by atoms with Crippen LogP contribution in [0.2, 0.25) is 0 Å². The Kier molecular flexibility index (Phi) is 15.7. The fourth-order valence-corrected chi connectivity index (χ4v) is 6.29. The molecule has 4 rings (SSSR count). The van der Waals surface area contributed by atoms with Crippen molar-refractivity contribution in [2.75, 3.05) is 24.6 Å². The fraction of sp³-hybridized carbons (Fsp3) is 0.553. The summed E-state index contributed by atoms with van der Waals surface area (Å²) in [5, 5.41) is 6.05. The van der Waals surface area contributed by atoms with Crippen LogP contribution in [0.5, 0.6) is 0 Å². The average molecular weight is 891 g/mol. The first-order valence-corrected chi connectivity index (χ1v) is 21.4. The van der Waals surface area contributed by atoms with Crippen LogP contribution in [0.1, 0.15) is 131 Å². The molecule has 2 aromatic carbocycles. The van der Waals surface area contributed by atoms with Gasteiger partial charge in [0.05, 0.1) is 17.6 Å². The van der Waals surface area contributed by atoms with Crippen molar-refractivity contribution >= 4 is 58.1 Å². The van der Waals surface area contributed by atoms with Gasteiger partial charge in [0.25, 0.3) is 5.91 Å². The van der Waals surface area contributed by atoms with Crippen molar-refractivity contribution in [3.63, 3.8) is 0 Å². The maximum absolute atomic E-state index is 14.1. The summed E-state index contributed by atoms with van der Waals surface area (Å²) < 4.78 is 35.8. The van der Waals surface area contributed by atoms with E-state index in [4.69, 9.17) is 38.4 Å². The summed E-state index contributed by atoms with van der Waals surface area (Å²) in [6, 6.07) is 12.8. The molecule has 0 aliphatic heterocycles. The number of ether oxygens (including phenoxy) is 6. The van der Waals surface area contributed by atoms with Gasteiger partial charge < -0.3 is 43.6 Å². The van der Waals surface area contributed by atoms with E-state index in [1.54, 1.807) is 115 Å².